The van der Waals surface area contributed by atoms with E-state index in [1.165, 1.54) is 18.0 Å². The molecule has 336 valence electrons. The Kier molecular flexibility index (Phi) is 12.5. The molecule has 3 aromatic heterocycles. The molecule has 3 atom stereocenters. The molecule has 0 aliphatic carbocycles. The molecule has 0 radical (unpaired) electrons. The van der Waals surface area contributed by atoms with Crippen LogP contribution in [0.2, 0.25) is 0 Å². The SMILES string of the molecule is O=C(O)C1=C(c2cnns2)CS[C@H]2N1C(=O)[C@]2(C=S)NC(=O)C(NC(=O)c1cc(=O)c(OCc2ccccc2)cn1O)c1csc(NC(c2ccccc2)(c2ccccc2)c2ccccc2)n1. The first kappa shape index (κ1) is 44.7. The van der Waals surface area contributed by atoms with Crippen LogP contribution < -0.4 is 26.1 Å². The topological polar surface area (TPSA) is 218 Å². The van der Waals surface area contributed by atoms with Gasteiger partial charge in [0.2, 0.25) is 11.3 Å². The molecule has 1 saturated heterocycles. The molecule has 1 fully saturated rings. The molecular weight excluding hydrogens is 933 g/mol. The smallest absolute Gasteiger partial charge is 0.353 e. The molecule has 5 N–H and O–H groups in total. The Labute approximate surface area is 399 Å². The maximum Gasteiger partial charge on any atom is 0.353 e. The molecule has 0 spiro atoms. The average molecular weight is 969 g/mol. The molecular formula is C47H36N8O8S4. The van der Waals surface area contributed by atoms with Crippen molar-refractivity contribution in [3.05, 3.63) is 200 Å². The lowest BCUT2D eigenvalue weighted by Crippen LogP contribution is -2.80. The molecule has 4 aromatic carbocycles. The zero-order valence-corrected chi connectivity index (χ0v) is 38.0. The fraction of sp³-hybridized carbons (Fsp3) is 0.128. The van der Waals surface area contributed by atoms with Crippen molar-refractivity contribution in [2.45, 2.75) is 29.1 Å². The number of hydrogen-bond donors (Lipinski definition) is 5. The third kappa shape index (κ3) is 8.35. The summed E-state index contributed by atoms with van der Waals surface area (Å²) in [5.41, 5.74) is -0.780. The minimum absolute atomic E-state index is 0.00866. The molecule has 0 bridgehead atoms. The molecule has 20 heteroatoms. The van der Waals surface area contributed by atoms with Crippen molar-refractivity contribution in [1.29, 1.82) is 0 Å². The van der Waals surface area contributed by atoms with E-state index in [0.29, 0.717) is 20.3 Å². The van der Waals surface area contributed by atoms with Crippen LogP contribution >= 0.6 is 46.8 Å². The highest BCUT2D eigenvalue weighted by molar-refractivity contribution is 8.00. The van der Waals surface area contributed by atoms with Gasteiger partial charge in [0, 0.05) is 28.1 Å². The van der Waals surface area contributed by atoms with Crippen molar-refractivity contribution >= 4 is 86.6 Å². The van der Waals surface area contributed by atoms with Crippen LogP contribution in [-0.4, -0.2) is 80.2 Å². The summed E-state index contributed by atoms with van der Waals surface area (Å²) in [5.74, 6) is -4.33. The minimum atomic E-state index is -1.91. The minimum Gasteiger partial charge on any atom is -0.483 e. The number of rotatable bonds is 16. The second kappa shape index (κ2) is 18.8. The fourth-order valence-corrected chi connectivity index (χ4v) is 11.3. The van der Waals surface area contributed by atoms with Crippen molar-refractivity contribution in [2.75, 3.05) is 11.1 Å². The summed E-state index contributed by atoms with van der Waals surface area (Å²) in [6, 6.07) is 37.4. The van der Waals surface area contributed by atoms with E-state index >= 15 is 0 Å². The third-order valence-electron chi connectivity index (χ3n) is 11.2. The number of carbonyl (C=O) groups is 4. The largest absolute Gasteiger partial charge is 0.483 e. The van der Waals surface area contributed by atoms with Gasteiger partial charge in [-0.15, -0.1) is 28.2 Å². The van der Waals surface area contributed by atoms with Crippen molar-refractivity contribution in [3.8, 4) is 5.75 Å². The summed E-state index contributed by atoms with van der Waals surface area (Å²) < 4.78 is 9.90. The first-order valence-electron chi connectivity index (χ1n) is 20.4. The second-order valence-corrected chi connectivity index (χ2v) is 18.1. The van der Waals surface area contributed by atoms with E-state index in [4.69, 9.17) is 21.9 Å². The number of thiocarbonyl (C=S) groups is 1. The second-order valence-electron chi connectivity index (χ2n) is 15.2. The zero-order valence-electron chi connectivity index (χ0n) is 34.7. The maximum atomic E-state index is 14.8. The molecule has 3 amide bonds. The van der Waals surface area contributed by atoms with Crippen LogP contribution in [0.3, 0.4) is 0 Å². The first-order valence-corrected chi connectivity index (χ1v) is 23.5. The number of hydrogen-bond acceptors (Lipinski definition) is 15. The lowest BCUT2D eigenvalue weighted by molar-refractivity contribution is -0.154. The quantitative estimate of drug-likeness (QED) is 0.0320. The number of nitrogens with zero attached hydrogens (tertiary/aromatic N) is 5. The highest BCUT2D eigenvalue weighted by Crippen LogP contribution is 2.48. The van der Waals surface area contributed by atoms with Crippen molar-refractivity contribution in [1.82, 2.24) is 34.8 Å². The van der Waals surface area contributed by atoms with Gasteiger partial charge in [-0.05, 0) is 33.8 Å². The number of amides is 3. The number of carboxylic acids is 1. The Bertz CT molecular complexity index is 2990. The molecule has 1 unspecified atom stereocenters. The number of nitrogens with one attached hydrogen (secondary N) is 3. The van der Waals surface area contributed by atoms with E-state index in [2.05, 4.69) is 25.5 Å². The highest BCUT2D eigenvalue weighted by Gasteiger charge is 2.65. The Morgan fingerprint density at radius 2 is 1.54 bits per heavy atom. The van der Waals surface area contributed by atoms with Gasteiger partial charge in [-0.25, -0.2) is 9.78 Å². The summed E-state index contributed by atoms with van der Waals surface area (Å²) in [7, 11) is 0. The van der Waals surface area contributed by atoms with Crippen LogP contribution in [0.15, 0.2) is 156 Å². The monoisotopic (exact) mass is 968 g/mol. The first-order chi connectivity index (χ1) is 32.5. The van der Waals surface area contributed by atoms with Crippen LogP contribution in [0.4, 0.5) is 5.13 Å². The van der Waals surface area contributed by atoms with Gasteiger partial charge < -0.3 is 31.0 Å². The van der Waals surface area contributed by atoms with Gasteiger partial charge in [0.1, 0.15) is 28.9 Å². The van der Waals surface area contributed by atoms with Crippen molar-refractivity contribution in [3.63, 3.8) is 0 Å². The summed E-state index contributed by atoms with van der Waals surface area (Å²) in [4.78, 5) is 75.6. The number of thiazole rings is 1. The predicted molar refractivity (Wildman–Crippen MR) is 256 cm³/mol. The number of aliphatic carboxylic acids is 1. The Hall–Kier alpha value is -7.52. The van der Waals surface area contributed by atoms with E-state index in [1.54, 1.807) is 29.6 Å². The van der Waals surface area contributed by atoms with E-state index < -0.39 is 57.3 Å². The van der Waals surface area contributed by atoms with Crippen molar-refractivity contribution in [2.24, 2.45) is 0 Å². The van der Waals surface area contributed by atoms with E-state index in [1.807, 2.05) is 97.1 Å². The van der Waals surface area contributed by atoms with E-state index in [-0.39, 0.29) is 29.5 Å². The Morgan fingerprint density at radius 3 is 2.10 bits per heavy atom. The molecule has 5 heterocycles. The standard InChI is InChI=1S/C47H36N8O8S4/c56-35-21-34(54(62)23-36(35)63-24-28-13-5-1-6-14-28)40(57)50-38(41(58)51-46(27-64)43(61)55-39(42(59)60)32(25-65-44(46)55)37-22-48-53-67-37)33-26-66-45(49-33)52-47(29-15-7-2-8-16-29,30-17-9-3-10-18-30)31-19-11-4-12-20-31/h1-23,26-27,38,44,62H,24-25H2,(H,49,52)(H,50,57)(H,51,58)(H,59,60)/t38?,44-,46+/m1/s1. The van der Waals surface area contributed by atoms with E-state index in [0.717, 1.165) is 67.7 Å². The molecule has 2 aliphatic rings. The summed E-state index contributed by atoms with van der Waals surface area (Å²) >= 11 is 8.70. The van der Waals surface area contributed by atoms with Gasteiger partial charge >= 0.3 is 5.97 Å². The van der Waals surface area contributed by atoms with Crippen LogP contribution in [0, 0.1) is 0 Å². The fourth-order valence-electron chi connectivity index (χ4n) is 8.01. The van der Waals surface area contributed by atoms with Gasteiger partial charge in [0.25, 0.3) is 11.8 Å². The summed E-state index contributed by atoms with van der Waals surface area (Å²) in [5, 5.41) is 36.1. The summed E-state index contributed by atoms with van der Waals surface area (Å²) in [6.45, 7) is 0.00866. The number of thioether (sulfide) groups is 1. The molecule has 2 aliphatic heterocycles. The number of carbonyl (C=O) groups excluding carboxylic acids is 3. The van der Waals surface area contributed by atoms with Crippen LogP contribution in [0.25, 0.3) is 5.57 Å². The number of aromatic nitrogens is 4. The van der Waals surface area contributed by atoms with Crippen LogP contribution in [-0.2, 0) is 26.5 Å². The lowest BCUT2D eigenvalue weighted by Gasteiger charge is -2.55. The average Bonchev–Trinajstić information content (AvgIpc) is 4.08. The molecule has 16 nitrogen and oxygen atoms in total. The Balaban J connectivity index is 1.08. The molecule has 7 aromatic rings. The normalized spacial score (nSPS) is 17.1. The predicted octanol–water partition coefficient (Wildman–Crippen LogP) is 6.11. The molecule has 9 rings (SSSR count). The molecule has 67 heavy (non-hydrogen) atoms. The number of carboxylic acid groups (broad SMARTS) is 1. The van der Waals surface area contributed by atoms with Crippen molar-refractivity contribution < 1.29 is 34.2 Å². The van der Waals surface area contributed by atoms with Crippen LogP contribution in [0.1, 0.15) is 49.4 Å². The third-order valence-corrected chi connectivity index (χ3v) is 14.4. The zero-order chi connectivity index (χ0) is 46.7. The molecule has 0 saturated carbocycles. The number of fused-ring (bicyclic) bond motifs is 1. The maximum absolute atomic E-state index is 14.8. The Morgan fingerprint density at radius 1 is 0.925 bits per heavy atom. The van der Waals surface area contributed by atoms with Gasteiger partial charge in [-0.1, -0.05) is 138 Å². The summed E-state index contributed by atoms with van der Waals surface area (Å²) in [6.07, 6.45) is 2.36. The number of pyridine rings is 1. The lowest BCUT2D eigenvalue weighted by atomic mass is 9.77. The number of benzene rings is 4. The van der Waals surface area contributed by atoms with Gasteiger partial charge in [0.15, 0.2) is 22.5 Å². The van der Waals surface area contributed by atoms with Crippen LogP contribution in [0.5, 0.6) is 5.75 Å². The number of β-lactam (4-membered cyclic amide) rings is 1. The number of ether oxygens (including phenoxy) is 1. The van der Waals surface area contributed by atoms with Gasteiger partial charge in [0.05, 0.1) is 23.0 Å². The highest BCUT2D eigenvalue weighted by atomic mass is 32.2. The van der Waals surface area contributed by atoms with Gasteiger partial charge in [-0.3, -0.25) is 24.1 Å². The number of anilines is 1. The van der Waals surface area contributed by atoms with Gasteiger partial charge in [-0.2, -0.15) is 4.73 Å². The van der Waals surface area contributed by atoms with E-state index in [9.17, 15) is 34.3 Å².